The molecule has 0 N–H and O–H groups in total. The molecule has 0 aromatic rings. The molecule has 1 aliphatic heterocycles. The third-order valence-corrected chi connectivity index (χ3v) is 3.50. The van der Waals surface area contributed by atoms with Crippen LogP contribution in [0.4, 0.5) is 0 Å². The SMILES string of the molecule is CC1CC(C)CN(C=CC=C(C#N)C(=O)C(C)(C)C)C1. The van der Waals surface area contributed by atoms with E-state index < -0.39 is 5.41 Å². The Hall–Kier alpha value is -1.56. The summed E-state index contributed by atoms with van der Waals surface area (Å²) in [5.41, 5.74) is -0.282. The Morgan fingerprint density at radius 1 is 1.25 bits per heavy atom. The van der Waals surface area contributed by atoms with Crippen molar-refractivity contribution in [2.75, 3.05) is 13.1 Å². The number of likely N-dealkylation sites (tertiary alicyclic amines) is 1. The standard InChI is InChI=1S/C17H26N2O/c1-13-9-14(2)12-19(11-13)8-6-7-15(10-18)16(20)17(3,4)5/h6-8,13-14H,9,11-12H2,1-5H3. The van der Waals surface area contributed by atoms with Crippen LogP contribution in [0, 0.1) is 28.6 Å². The largest absolute Gasteiger partial charge is 0.377 e. The first-order valence-electron chi connectivity index (χ1n) is 7.31. The Labute approximate surface area is 123 Å². The number of rotatable bonds is 3. The van der Waals surface area contributed by atoms with Gasteiger partial charge in [0.05, 0.1) is 5.57 Å². The van der Waals surface area contributed by atoms with Crippen molar-refractivity contribution in [2.24, 2.45) is 17.3 Å². The van der Waals surface area contributed by atoms with Crippen LogP contribution in [0.3, 0.4) is 0 Å². The van der Waals surface area contributed by atoms with Gasteiger partial charge in [0.1, 0.15) is 6.07 Å². The second-order valence-corrected chi connectivity index (χ2v) is 7.01. The fraction of sp³-hybridized carbons (Fsp3) is 0.647. The number of hydrogen-bond acceptors (Lipinski definition) is 3. The quantitative estimate of drug-likeness (QED) is 0.449. The molecule has 3 heteroatoms. The molecule has 1 aliphatic rings. The number of nitriles is 1. The van der Waals surface area contributed by atoms with Crippen LogP contribution in [0.5, 0.6) is 0 Å². The van der Waals surface area contributed by atoms with Crippen LogP contribution in [0.1, 0.15) is 41.0 Å². The number of carbonyl (C=O) groups is 1. The van der Waals surface area contributed by atoms with E-state index in [2.05, 4.69) is 18.7 Å². The summed E-state index contributed by atoms with van der Waals surface area (Å²) in [6, 6.07) is 2.01. The van der Waals surface area contributed by atoms with Gasteiger partial charge in [-0.1, -0.05) is 34.6 Å². The topological polar surface area (TPSA) is 44.1 Å². The average molecular weight is 274 g/mol. The van der Waals surface area contributed by atoms with Crippen molar-refractivity contribution < 1.29 is 4.79 Å². The normalized spacial score (nSPS) is 24.8. The molecule has 0 aromatic heterocycles. The van der Waals surface area contributed by atoms with Gasteiger partial charge in [-0.3, -0.25) is 4.79 Å². The second-order valence-electron chi connectivity index (χ2n) is 7.01. The van der Waals surface area contributed by atoms with Crippen LogP contribution >= 0.6 is 0 Å². The van der Waals surface area contributed by atoms with Gasteiger partial charge in [-0.2, -0.15) is 5.26 Å². The molecule has 0 aliphatic carbocycles. The summed E-state index contributed by atoms with van der Waals surface area (Å²) < 4.78 is 0. The Kier molecular flexibility index (Phi) is 5.56. The number of Topliss-reactive ketones (excluding diaryl/α,β-unsaturated/α-hetero) is 1. The zero-order chi connectivity index (χ0) is 15.3. The van der Waals surface area contributed by atoms with Crippen molar-refractivity contribution in [3.8, 4) is 6.07 Å². The lowest BCUT2D eigenvalue weighted by molar-refractivity contribution is -0.122. The minimum atomic E-state index is -0.510. The van der Waals surface area contributed by atoms with Gasteiger partial charge in [-0.25, -0.2) is 0 Å². The highest BCUT2D eigenvalue weighted by Crippen LogP contribution is 2.22. The molecule has 0 saturated carbocycles. The van der Waals surface area contributed by atoms with E-state index in [9.17, 15) is 4.79 Å². The average Bonchev–Trinajstić information content (AvgIpc) is 2.31. The van der Waals surface area contributed by atoms with Crippen molar-refractivity contribution in [3.05, 3.63) is 23.9 Å². The van der Waals surface area contributed by atoms with Crippen molar-refractivity contribution in [2.45, 2.75) is 41.0 Å². The smallest absolute Gasteiger partial charge is 0.178 e. The number of allylic oxidation sites excluding steroid dienone is 3. The van der Waals surface area contributed by atoms with Gasteiger partial charge in [-0.05, 0) is 36.6 Å². The van der Waals surface area contributed by atoms with E-state index in [-0.39, 0.29) is 11.4 Å². The monoisotopic (exact) mass is 274 g/mol. The summed E-state index contributed by atoms with van der Waals surface area (Å²) in [5, 5.41) is 9.09. The second kappa shape index (κ2) is 6.74. The van der Waals surface area contributed by atoms with E-state index in [1.165, 1.54) is 6.42 Å². The first kappa shape index (κ1) is 16.5. The summed E-state index contributed by atoms with van der Waals surface area (Å²) in [6.07, 6.45) is 6.73. The van der Waals surface area contributed by atoms with Crippen LogP contribution in [0.2, 0.25) is 0 Å². The summed E-state index contributed by atoms with van der Waals surface area (Å²) in [4.78, 5) is 14.3. The molecule has 1 rings (SSSR count). The van der Waals surface area contributed by atoms with Gasteiger partial charge >= 0.3 is 0 Å². The van der Waals surface area contributed by atoms with Crippen LogP contribution < -0.4 is 0 Å². The molecule has 1 heterocycles. The maximum absolute atomic E-state index is 12.0. The van der Waals surface area contributed by atoms with Gasteiger partial charge < -0.3 is 4.90 Å². The minimum absolute atomic E-state index is 0.106. The van der Waals surface area contributed by atoms with Crippen LogP contribution in [-0.2, 0) is 4.79 Å². The highest BCUT2D eigenvalue weighted by Gasteiger charge is 2.24. The third-order valence-electron chi connectivity index (χ3n) is 3.50. The molecule has 0 bridgehead atoms. The van der Waals surface area contributed by atoms with E-state index in [1.807, 2.05) is 39.1 Å². The molecule has 1 saturated heterocycles. The summed E-state index contributed by atoms with van der Waals surface area (Å²) in [6.45, 7) is 12.1. The summed E-state index contributed by atoms with van der Waals surface area (Å²) in [5.74, 6) is 1.28. The van der Waals surface area contributed by atoms with E-state index in [4.69, 9.17) is 5.26 Å². The van der Waals surface area contributed by atoms with Gasteiger partial charge in [0.25, 0.3) is 0 Å². The molecule has 110 valence electrons. The Morgan fingerprint density at radius 3 is 2.25 bits per heavy atom. The molecule has 0 amide bonds. The maximum atomic E-state index is 12.0. The lowest BCUT2D eigenvalue weighted by atomic mass is 9.86. The van der Waals surface area contributed by atoms with E-state index in [1.54, 1.807) is 6.08 Å². The van der Waals surface area contributed by atoms with Gasteiger partial charge in [0, 0.05) is 18.5 Å². The fourth-order valence-electron chi connectivity index (χ4n) is 2.66. The Bertz CT molecular complexity index is 439. The fourth-order valence-corrected chi connectivity index (χ4v) is 2.66. The van der Waals surface area contributed by atoms with Crippen LogP contribution in [0.25, 0.3) is 0 Å². The molecule has 2 unspecified atom stereocenters. The molecule has 0 aromatic carbocycles. The maximum Gasteiger partial charge on any atom is 0.178 e. The molecule has 1 fully saturated rings. The molecule has 20 heavy (non-hydrogen) atoms. The van der Waals surface area contributed by atoms with Crippen LogP contribution in [-0.4, -0.2) is 23.8 Å². The van der Waals surface area contributed by atoms with Gasteiger partial charge in [0.2, 0.25) is 0 Å². The highest BCUT2D eigenvalue weighted by molar-refractivity contribution is 6.02. The zero-order valence-electron chi connectivity index (χ0n) is 13.3. The number of carbonyl (C=O) groups excluding carboxylic acids is 1. The van der Waals surface area contributed by atoms with Crippen molar-refractivity contribution >= 4 is 5.78 Å². The van der Waals surface area contributed by atoms with Gasteiger partial charge in [-0.15, -0.1) is 0 Å². The van der Waals surface area contributed by atoms with E-state index >= 15 is 0 Å². The molecule has 3 nitrogen and oxygen atoms in total. The minimum Gasteiger partial charge on any atom is -0.377 e. The molecule has 0 spiro atoms. The highest BCUT2D eigenvalue weighted by atomic mass is 16.1. The molecule has 2 atom stereocenters. The predicted molar refractivity (Wildman–Crippen MR) is 81.8 cm³/mol. The Morgan fingerprint density at radius 2 is 1.80 bits per heavy atom. The van der Waals surface area contributed by atoms with Crippen molar-refractivity contribution in [1.82, 2.24) is 4.90 Å². The number of ketones is 1. The van der Waals surface area contributed by atoms with E-state index in [0.29, 0.717) is 11.8 Å². The third kappa shape index (κ3) is 4.85. The zero-order valence-corrected chi connectivity index (χ0v) is 13.3. The lowest BCUT2D eigenvalue weighted by Gasteiger charge is -2.34. The number of piperidine rings is 1. The lowest BCUT2D eigenvalue weighted by Crippen LogP contribution is -2.34. The number of hydrogen-bond donors (Lipinski definition) is 0. The Balaban J connectivity index is 2.72. The van der Waals surface area contributed by atoms with Crippen molar-refractivity contribution in [1.29, 1.82) is 5.26 Å². The summed E-state index contributed by atoms with van der Waals surface area (Å²) in [7, 11) is 0. The molecular formula is C17H26N2O. The first-order valence-corrected chi connectivity index (χ1v) is 7.31. The number of nitrogens with zero attached hydrogens (tertiary/aromatic N) is 2. The first-order chi connectivity index (χ1) is 9.24. The molecular weight excluding hydrogens is 248 g/mol. The van der Waals surface area contributed by atoms with Crippen LogP contribution in [0.15, 0.2) is 23.9 Å². The van der Waals surface area contributed by atoms with Crippen molar-refractivity contribution in [3.63, 3.8) is 0 Å². The predicted octanol–water partition coefficient (Wildman–Crippen LogP) is 3.54. The summed E-state index contributed by atoms with van der Waals surface area (Å²) >= 11 is 0. The van der Waals surface area contributed by atoms with E-state index in [0.717, 1.165) is 13.1 Å². The van der Waals surface area contributed by atoms with Gasteiger partial charge in [0.15, 0.2) is 5.78 Å². The molecule has 0 radical (unpaired) electrons.